The highest BCUT2D eigenvalue weighted by molar-refractivity contribution is 9.10. The Bertz CT molecular complexity index is 1170. The molecule has 0 bridgehead atoms. The number of rotatable bonds is 5. The van der Waals surface area contributed by atoms with Crippen LogP contribution < -0.4 is 14.8 Å². The van der Waals surface area contributed by atoms with Gasteiger partial charge in [-0.3, -0.25) is 4.79 Å². The predicted molar refractivity (Wildman–Crippen MR) is 116 cm³/mol. The van der Waals surface area contributed by atoms with Gasteiger partial charge >= 0.3 is 0 Å². The van der Waals surface area contributed by atoms with Crippen molar-refractivity contribution in [2.75, 3.05) is 19.5 Å². The number of aromatic nitrogens is 2. The van der Waals surface area contributed by atoms with Crippen molar-refractivity contribution in [2.45, 2.75) is 0 Å². The van der Waals surface area contributed by atoms with E-state index in [1.807, 2.05) is 53.2 Å². The van der Waals surface area contributed by atoms with Crippen molar-refractivity contribution >= 4 is 33.2 Å². The molecule has 7 heteroatoms. The third-order valence-electron chi connectivity index (χ3n) is 4.53. The smallest absolute Gasteiger partial charge is 0.257 e. The summed E-state index contributed by atoms with van der Waals surface area (Å²) >= 11 is 3.42. The summed E-state index contributed by atoms with van der Waals surface area (Å²) in [5.74, 6) is 0.884. The van der Waals surface area contributed by atoms with Crippen LogP contribution in [0.1, 0.15) is 10.4 Å². The molecule has 0 spiro atoms. The molecule has 0 unspecified atom stereocenters. The Kier molecular flexibility index (Phi) is 5.22. The number of benzene rings is 2. The number of anilines is 1. The molecule has 0 atom stereocenters. The van der Waals surface area contributed by atoms with Crippen molar-refractivity contribution in [3.05, 3.63) is 77.0 Å². The minimum Gasteiger partial charge on any atom is -0.497 e. The molecule has 146 valence electrons. The Morgan fingerprint density at radius 2 is 1.93 bits per heavy atom. The van der Waals surface area contributed by atoms with E-state index in [1.165, 1.54) is 0 Å². The molecule has 1 N–H and O–H groups in total. The van der Waals surface area contributed by atoms with Crippen LogP contribution in [0.3, 0.4) is 0 Å². The summed E-state index contributed by atoms with van der Waals surface area (Å²) in [6.07, 6.45) is 3.89. The van der Waals surface area contributed by atoms with Gasteiger partial charge in [0.05, 0.1) is 31.2 Å². The lowest BCUT2D eigenvalue weighted by Gasteiger charge is -2.13. The van der Waals surface area contributed by atoms with E-state index in [0.29, 0.717) is 27.2 Å². The Labute approximate surface area is 176 Å². The number of pyridine rings is 1. The third kappa shape index (κ3) is 3.82. The first-order chi connectivity index (χ1) is 14.1. The highest BCUT2D eigenvalue weighted by Crippen LogP contribution is 2.32. The van der Waals surface area contributed by atoms with Gasteiger partial charge in [0.1, 0.15) is 17.1 Å². The van der Waals surface area contributed by atoms with Gasteiger partial charge in [-0.2, -0.15) is 0 Å². The molecule has 4 aromatic rings. The zero-order chi connectivity index (χ0) is 20.4. The van der Waals surface area contributed by atoms with E-state index in [9.17, 15) is 4.79 Å². The number of fused-ring (bicyclic) bond motifs is 1. The molecule has 1 amide bonds. The summed E-state index contributed by atoms with van der Waals surface area (Å²) in [6.45, 7) is 0. The molecule has 0 saturated carbocycles. The van der Waals surface area contributed by atoms with Crippen LogP contribution in [-0.2, 0) is 0 Å². The van der Waals surface area contributed by atoms with Crippen LogP contribution in [0.5, 0.6) is 11.5 Å². The summed E-state index contributed by atoms with van der Waals surface area (Å²) in [7, 11) is 3.13. The van der Waals surface area contributed by atoms with Crippen LogP contribution in [0.25, 0.3) is 16.9 Å². The van der Waals surface area contributed by atoms with Gasteiger partial charge in [-0.1, -0.05) is 6.07 Å². The molecule has 2 heterocycles. The molecule has 0 radical (unpaired) electrons. The van der Waals surface area contributed by atoms with E-state index in [0.717, 1.165) is 16.9 Å². The van der Waals surface area contributed by atoms with E-state index >= 15 is 0 Å². The van der Waals surface area contributed by atoms with Crippen molar-refractivity contribution in [3.63, 3.8) is 0 Å². The van der Waals surface area contributed by atoms with Crippen LogP contribution >= 0.6 is 15.9 Å². The lowest BCUT2D eigenvalue weighted by atomic mass is 10.1. The summed E-state index contributed by atoms with van der Waals surface area (Å²) < 4.78 is 13.3. The Hall–Kier alpha value is -3.32. The maximum Gasteiger partial charge on any atom is 0.257 e. The molecule has 0 saturated heterocycles. The van der Waals surface area contributed by atoms with Gasteiger partial charge in [-0.05, 0) is 64.5 Å². The van der Waals surface area contributed by atoms with Crippen LogP contribution in [0, 0.1) is 0 Å². The molecule has 0 aliphatic rings. The number of hydrogen-bond donors (Lipinski definition) is 1. The fourth-order valence-electron chi connectivity index (χ4n) is 3.03. The normalized spacial score (nSPS) is 10.7. The molecule has 4 rings (SSSR count). The van der Waals surface area contributed by atoms with Crippen LogP contribution in [-0.4, -0.2) is 29.5 Å². The molecular weight excluding hydrogens is 434 g/mol. The van der Waals surface area contributed by atoms with Crippen LogP contribution in [0.15, 0.2) is 71.5 Å². The summed E-state index contributed by atoms with van der Waals surface area (Å²) in [5, 5.41) is 2.93. The lowest BCUT2D eigenvalue weighted by molar-refractivity contribution is 0.102. The van der Waals surface area contributed by atoms with Crippen LogP contribution in [0.4, 0.5) is 5.69 Å². The van der Waals surface area contributed by atoms with Gasteiger partial charge in [0.2, 0.25) is 0 Å². The summed E-state index contributed by atoms with van der Waals surface area (Å²) in [4.78, 5) is 17.5. The van der Waals surface area contributed by atoms with Gasteiger partial charge in [0.15, 0.2) is 0 Å². The number of carbonyl (C=O) groups excluding carboxylic acids is 1. The maximum atomic E-state index is 12.9. The highest BCUT2D eigenvalue weighted by Gasteiger charge is 2.15. The number of imidazole rings is 1. The first-order valence-corrected chi connectivity index (χ1v) is 9.65. The number of ether oxygens (including phenoxy) is 2. The van der Waals surface area contributed by atoms with Crippen molar-refractivity contribution < 1.29 is 14.3 Å². The molecule has 6 nitrogen and oxygen atoms in total. The fourth-order valence-corrected chi connectivity index (χ4v) is 3.46. The van der Waals surface area contributed by atoms with Gasteiger partial charge in [0.25, 0.3) is 5.91 Å². The van der Waals surface area contributed by atoms with E-state index < -0.39 is 0 Å². The summed E-state index contributed by atoms with van der Waals surface area (Å²) in [5.41, 5.74) is 3.54. The fraction of sp³-hybridized carbons (Fsp3) is 0.0909. The largest absolute Gasteiger partial charge is 0.497 e. The zero-order valence-corrected chi connectivity index (χ0v) is 17.4. The van der Waals surface area contributed by atoms with E-state index in [1.54, 1.807) is 32.4 Å². The van der Waals surface area contributed by atoms with Crippen LogP contribution in [0.2, 0.25) is 0 Å². The molecule has 0 aliphatic heterocycles. The number of amides is 1. The van der Waals surface area contributed by atoms with Crippen molar-refractivity contribution in [1.29, 1.82) is 0 Å². The second-order valence-corrected chi connectivity index (χ2v) is 7.16. The Morgan fingerprint density at radius 1 is 1.07 bits per heavy atom. The number of halogens is 1. The van der Waals surface area contributed by atoms with E-state index in [4.69, 9.17) is 9.47 Å². The molecule has 2 aromatic heterocycles. The number of nitrogens with one attached hydrogen (secondary N) is 1. The van der Waals surface area contributed by atoms with E-state index in [2.05, 4.69) is 26.2 Å². The average molecular weight is 452 g/mol. The topological polar surface area (TPSA) is 64.9 Å². The Balaban J connectivity index is 1.69. The minimum atomic E-state index is -0.277. The predicted octanol–water partition coefficient (Wildman–Crippen LogP) is 5.03. The average Bonchev–Trinajstić information content (AvgIpc) is 3.18. The SMILES string of the molecule is COc1ccc(Br)c(C(=O)Nc2cc(-c3cn4ccccc4n3)ccc2OC)c1. The molecular formula is C22H18BrN3O3. The third-order valence-corrected chi connectivity index (χ3v) is 5.22. The highest BCUT2D eigenvalue weighted by atomic mass is 79.9. The summed E-state index contributed by atoms with van der Waals surface area (Å²) in [6, 6.07) is 16.7. The number of methoxy groups -OCH3 is 2. The van der Waals surface area contributed by atoms with Gasteiger partial charge in [-0.25, -0.2) is 4.98 Å². The maximum absolute atomic E-state index is 12.9. The number of hydrogen-bond acceptors (Lipinski definition) is 4. The quantitative estimate of drug-likeness (QED) is 0.461. The van der Waals surface area contributed by atoms with Crippen molar-refractivity contribution in [1.82, 2.24) is 9.38 Å². The van der Waals surface area contributed by atoms with Crippen molar-refractivity contribution in [3.8, 4) is 22.8 Å². The second kappa shape index (κ2) is 7.97. The minimum absolute atomic E-state index is 0.277. The van der Waals surface area contributed by atoms with Gasteiger partial charge in [0, 0.05) is 22.4 Å². The van der Waals surface area contributed by atoms with Gasteiger partial charge in [-0.15, -0.1) is 0 Å². The molecule has 29 heavy (non-hydrogen) atoms. The number of nitrogens with zero attached hydrogens (tertiary/aromatic N) is 2. The zero-order valence-electron chi connectivity index (χ0n) is 15.8. The molecule has 2 aromatic carbocycles. The molecule has 0 fully saturated rings. The first kappa shape index (κ1) is 19.0. The standard InChI is InChI=1S/C22H18BrN3O3/c1-28-15-7-8-17(23)16(12-15)22(27)25-18-11-14(6-9-20(18)29-2)19-13-26-10-4-3-5-21(26)24-19/h3-13H,1-2H3,(H,25,27). The van der Waals surface area contributed by atoms with Crippen molar-refractivity contribution in [2.24, 2.45) is 0 Å². The number of carbonyl (C=O) groups is 1. The lowest BCUT2D eigenvalue weighted by Crippen LogP contribution is -2.13. The monoisotopic (exact) mass is 451 g/mol. The molecule has 0 aliphatic carbocycles. The Morgan fingerprint density at radius 3 is 2.69 bits per heavy atom. The van der Waals surface area contributed by atoms with Gasteiger partial charge < -0.3 is 19.2 Å². The first-order valence-electron chi connectivity index (χ1n) is 8.86. The second-order valence-electron chi connectivity index (χ2n) is 6.31. The van der Waals surface area contributed by atoms with E-state index in [-0.39, 0.29) is 5.91 Å².